The molecule has 0 radical (unpaired) electrons. The van der Waals surface area contributed by atoms with Crippen LogP contribution in [-0.4, -0.2) is 68.0 Å². The number of hydrogen-bond acceptors (Lipinski definition) is 5. The first-order valence-electron chi connectivity index (χ1n) is 16.8. The van der Waals surface area contributed by atoms with Crippen LogP contribution in [0.4, 0.5) is 11.4 Å². The Morgan fingerprint density at radius 1 is 0.612 bits per heavy atom. The molecule has 3 aromatic carbocycles. The van der Waals surface area contributed by atoms with Crippen molar-refractivity contribution in [1.82, 2.24) is 19.2 Å². The monoisotopic (exact) mass is 654 g/mol. The van der Waals surface area contributed by atoms with Crippen molar-refractivity contribution in [2.24, 2.45) is 0 Å². The van der Waals surface area contributed by atoms with Gasteiger partial charge in [-0.25, -0.2) is 4.98 Å². The molecule has 0 spiro atoms. The first kappa shape index (κ1) is 31.8. The SMILES string of the molecule is O=C(Nc1ccc(-c2cn3cc(NC(=O)[C@@H]4CCCN4C(=O)Cc4ccccc4)ccc3n2)cc1)[C@@H]1CCCN1C(=O)Cc1ccccc1. The van der Waals surface area contributed by atoms with Gasteiger partial charge in [0.05, 0.1) is 24.2 Å². The van der Waals surface area contributed by atoms with Gasteiger partial charge in [-0.1, -0.05) is 72.8 Å². The number of aromatic nitrogens is 2. The highest BCUT2D eigenvalue weighted by Crippen LogP contribution is 2.25. The second-order valence-corrected chi connectivity index (χ2v) is 12.7. The standard InChI is InChI=1S/C39H38N6O4/c46-36(23-27-9-3-1-4-10-27)44-21-7-13-33(44)38(48)40-30-17-15-29(16-18-30)32-26-43-25-31(19-20-35(43)42-32)41-39(49)34-14-8-22-45(34)37(47)24-28-11-5-2-6-12-28/h1-6,9-12,15-20,25-26,33-34H,7-8,13-14,21-24H2,(H,40,48)(H,41,49)/t33-,34-/m0/s1. The molecule has 0 unspecified atom stereocenters. The van der Waals surface area contributed by atoms with Crippen LogP contribution in [0.2, 0.25) is 0 Å². The van der Waals surface area contributed by atoms with Gasteiger partial charge in [-0.15, -0.1) is 0 Å². The summed E-state index contributed by atoms with van der Waals surface area (Å²) in [6, 6.07) is 29.3. The van der Waals surface area contributed by atoms with E-state index in [1.165, 1.54) is 0 Å². The Morgan fingerprint density at radius 3 is 1.67 bits per heavy atom. The van der Waals surface area contributed by atoms with Crippen LogP contribution in [0, 0.1) is 0 Å². The summed E-state index contributed by atoms with van der Waals surface area (Å²) in [7, 11) is 0. The number of rotatable bonds is 9. The number of likely N-dealkylation sites (tertiary alicyclic amines) is 2. The zero-order chi connectivity index (χ0) is 33.7. The molecular weight excluding hydrogens is 616 g/mol. The zero-order valence-electron chi connectivity index (χ0n) is 27.1. The van der Waals surface area contributed by atoms with Gasteiger partial charge in [-0.3, -0.25) is 19.2 Å². The number of benzene rings is 3. The van der Waals surface area contributed by atoms with E-state index in [4.69, 9.17) is 4.98 Å². The van der Waals surface area contributed by atoms with Gasteiger partial charge in [0.15, 0.2) is 0 Å². The van der Waals surface area contributed by atoms with Gasteiger partial charge in [0.25, 0.3) is 0 Å². The molecule has 10 heteroatoms. The second-order valence-electron chi connectivity index (χ2n) is 12.7. The van der Waals surface area contributed by atoms with Crippen LogP contribution >= 0.6 is 0 Å². The molecule has 10 nitrogen and oxygen atoms in total. The maximum absolute atomic E-state index is 13.3. The maximum atomic E-state index is 13.3. The molecule has 5 aromatic rings. The highest BCUT2D eigenvalue weighted by Gasteiger charge is 2.35. The number of fused-ring (bicyclic) bond motifs is 1. The second kappa shape index (κ2) is 14.1. The van der Waals surface area contributed by atoms with E-state index in [-0.39, 0.29) is 36.5 Å². The molecule has 49 heavy (non-hydrogen) atoms. The van der Waals surface area contributed by atoms with Gasteiger partial charge in [0, 0.05) is 36.7 Å². The van der Waals surface area contributed by atoms with Gasteiger partial charge in [-0.2, -0.15) is 0 Å². The number of hydrogen-bond donors (Lipinski definition) is 2. The van der Waals surface area contributed by atoms with E-state index in [0.717, 1.165) is 35.2 Å². The van der Waals surface area contributed by atoms with Crippen molar-refractivity contribution in [3.05, 3.63) is 121 Å². The lowest BCUT2D eigenvalue weighted by Crippen LogP contribution is -2.43. The molecule has 2 aromatic heterocycles. The van der Waals surface area contributed by atoms with Gasteiger partial charge in [0.1, 0.15) is 17.7 Å². The molecule has 2 atom stereocenters. The minimum atomic E-state index is -0.504. The fourth-order valence-electron chi connectivity index (χ4n) is 6.80. The number of carbonyl (C=O) groups excluding carboxylic acids is 4. The molecule has 2 saturated heterocycles. The third-order valence-electron chi connectivity index (χ3n) is 9.31. The van der Waals surface area contributed by atoms with Crippen LogP contribution in [0.5, 0.6) is 0 Å². The fourth-order valence-corrected chi connectivity index (χ4v) is 6.80. The average molecular weight is 655 g/mol. The first-order chi connectivity index (χ1) is 23.9. The number of carbonyl (C=O) groups is 4. The van der Waals surface area contributed by atoms with E-state index in [2.05, 4.69) is 10.6 Å². The van der Waals surface area contributed by atoms with Crippen LogP contribution in [0.1, 0.15) is 36.8 Å². The van der Waals surface area contributed by atoms with Crippen molar-refractivity contribution >= 4 is 40.7 Å². The normalized spacial score (nSPS) is 17.3. The topological polar surface area (TPSA) is 116 Å². The average Bonchev–Trinajstić information content (AvgIpc) is 3.90. The third kappa shape index (κ3) is 7.23. The van der Waals surface area contributed by atoms with Crippen molar-refractivity contribution in [3.63, 3.8) is 0 Å². The van der Waals surface area contributed by atoms with Gasteiger partial charge >= 0.3 is 0 Å². The van der Waals surface area contributed by atoms with Crippen molar-refractivity contribution in [3.8, 4) is 11.3 Å². The predicted octanol–water partition coefficient (Wildman–Crippen LogP) is 5.35. The highest BCUT2D eigenvalue weighted by atomic mass is 16.2. The predicted molar refractivity (Wildman–Crippen MR) is 188 cm³/mol. The van der Waals surface area contributed by atoms with Crippen LogP contribution in [0.15, 0.2) is 109 Å². The minimum absolute atomic E-state index is 0.0387. The smallest absolute Gasteiger partial charge is 0.247 e. The number of amides is 4. The minimum Gasteiger partial charge on any atom is -0.330 e. The number of anilines is 2. The lowest BCUT2D eigenvalue weighted by atomic mass is 10.1. The van der Waals surface area contributed by atoms with Crippen LogP contribution in [-0.2, 0) is 32.0 Å². The molecule has 248 valence electrons. The Balaban J connectivity index is 0.967. The third-order valence-corrected chi connectivity index (χ3v) is 9.31. The van der Waals surface area contributed by atoms with Crippen molar-refractivity contribution in [2.75, 3.05) is 23.7 Å². The van der Waals surface area contributed by atoms with E-state index in [1.807, 2.05) is 114 Å². The summed E-state index contributed by atoms with van der Waals surface area (Å²) in [5.74, 6) is -0.463. The number of nitrogens with one attached hydrogen (secondary N) is 2. The summed E-state index contributed by atoms with van der Waals surface area (Å²) < 4.78 is 1.86. The van der Waals surface area contributed by atoms with Crippen molar-refractivity contribution < 1.29 is 19.2 Å². The van der Waals surface area contributed by atoms with E-state index >= 15 is 0 Å². The van der Waals surface area contributed by atoms with E-state index in [0.29, 0.717) is 43.0 Å². The van der Waals surface area contributed by atoms with E-state index in [9.17, 15) is 19.2 Å². The van der Waals surface area contributed by atoms with Gasteiger partial charge < -0.3 is 24.8 Å². The molecule has 4 amide bonds. The molecule has 4 heterocycles. The summed E-state index contributed by atoms with van der Waals surface area (Å²) in [6.07, 6.45) is 7.11. The Morgan fingerprint density at radius 2 is 1.12 bits per heavy atom. The molecular formula is C39H38N6O4. The van der Waals surface area contributed by atoms with Gasteiger partial charge in [-0.05, 0) is 61.1 Å². The molecule has 2 N–H and O–H groups in total. The number of nitrogens with zero attached hydrogens (tertiary/aromatic N) is 4. The van der Waals surface area contributed by atoms with Crippen LogP contribution < -0.4 is 10.6 Å². The van der Waals surface area contributed by atoms with Gasteiger partial charge in [0.2, 0.25) is 23.6 Å². The maximum Gasteiger partial charge on any atom is 0.247 e. The van der Waals surface area contributed by atoms with Crippen LogP contribution in [0.3, 0.4) is 0 Å². The quantitative estimate of drug-likeness (QED) is 0.223. The van der Waals surface area contributed by atoms with E-state index in [1.54, 1.807) is 9.80 Å². The summed E-state index contributed by atoms with van der Waals surface area (Å²) >= 11 is 0. The van der Waals surface area contributed by atoms with Crippen LogP contribution in [0.25, 0.3) is 16.9 Å². The number of imidazole rings is 1. The molecule has 2 aliphatic rings. The molecule has 0 aliphatic carbocycles. The Bertz CT molecular complexity index is 1980. The van der Waals surface area contributed by atoms with Crippen molar-refractivity contribution in [2.45, 2.75) is 50.6 Å². The molecule has 0 saturated carbocycles. The summed E-state index contributed by atoms with van der Waals surface area (Å²) in [6.45, 7) is 1.15. The zero-order valence-corrected chi connectivity index (χ0v) is 27.1. The summed E-state index contributed by atoms with van der Waals surface area (Å²) in [4.78, 5) is 60.6. The first-order valence-corrected chi connectivity index (χ1v) is 16.8. The lowest BCUT2D eigenvalue weighted by Gasteiger charge is -2.24. The summed E-state index contributed by atoms with van der Waals surface area (Å²) in [5.41, 5.74) is 5.45. The van der Waals surface area contributed by atoms with Crippen molar-refractivity contribution in [1.29, 1.82) is 0 Å². The fraction of sp³-hybridized carbons (Fsp3) is 0.256. The largest absolute Gasteiger partial charge is 0.330 e. The molecule has 2 fully saturated rings. The Hall–Kier alpha value is -5.77. The number of pyridine rings is 1. The Labute approximate surface area is 284 Å². The molecule has 2 aliphatic heterocycles. The Kier molecular flexibility index (Phi) is 9.19. The van der Waals surface area contributed by atoms with E-state index < -0.39 is 12.1 Å². The molecule has 7 rings (SSSR count). The summed E-state index contributed by atoms with van der Waals surface area (Å²) in [5, 5.41) is 5.98. The molecule has 0 bridgehead atoms. The highest BCUT2D eigenvalue weighted by molar-refractivity contribution is 5.98. The lowest BCUT2D eigenvalue weighted by molar-refractivity contribution is -0.136.